The average molecular weight is 358 g/mol. The Morgan fingerprint density at radius 1 is 1.35 bits per heavy atom. The lowest BCUT2D eigenvalue weighted by atomic mass is 10.2. The SMILES string of the molecule is C=Cc1c(-n2cc(C)c(C)n2)ccnc1NC.CCCCCNC(C)=O. The molecule has 0 bridgehead atoms. The molecule has 2 N–H and O–H groups in total. The predicted molar refractivity (Wildman–Crippen MR) is 109 cm³/mol. The van der Waals surface area contributed by atoms with Crippen LogP contribution in [0, 0.1) is 13.8 Å². The van der Waals surface area contributed by atoms with Crippen molar-refractivity contribution in [2.45, 2.75) is 47.0 Å². The van der Waals surface area contributed by atoms with Crippen molar-refractivity contribution in [2.24, 2.45) is 0 Å². The lowest BCUT2D eigenvalue weighted by Crippen LogP contribution is -2.20. The van der Waals surface area contributed by atoms with Crippen molar-refractivity contribution in [3.8, 4) is 5.69 Å². The summed E-state index contributed by atoms with van der Waals surface area (Å²) in [5.74, 6) is 0.884. The molecule has 0 aliphatic heterocycles. The van der Waals surface area contributed by atoms with Gasteiger partial charge in [0.1, 0.15) is 5.82 Å². The quantitative estimate of drug-likeness (QED) is 0.738. The molecule has 0 radical (unpaired) electrons. The van der Waals surface area contributed by atoms with E-state index in [4.69, 9.17) is 0 Å². The highest BCUT2D eigenvalue weighted by molar-refractivity contribution is 5.72. The fraction of sp³-hybridized carbons (Fsp3) is 0.450. The maximum absolute atomic E-state index is 10.3. The second-order valence-corrected chi connectivity index (χ2v) is 6.08. The summed E-state index contributed by atoms with van der Waals surface area (Å²) in [5.41, 5.74) is 4.14. The molecule has 0 saturated heterocycles. The van der Waals surface area contributed by atoms with E-state index in [9.17, 15) is 4.79 Å². The van der Waals surface area contributed by atoms with Crippen LogP contribution in [-0.2, 0) is 4.79 Å². The Kier molecular flexibility index (Phi) is 9.12. The minimum atomic E-state index is 0.0751. The Balaban J connectivity index is 0.000000321. The number of amides is 1. The van der Waals surface area contributed by atoms with Gasteiger partial charge in [-0.15, -0.1) is 0 Å². The van der Waals surface area contributed by atoms with Crippen molar-refractivity contribution >= 4 is 17.8 Å². The number of aryl methyl sites for hydroxylation is 2. The summed E-state index contributed by atoms with van der Waals surface area (Å²) in [6.45, 7) is 12.4. The highest BCUT2D eigenvalue weighted by Gasteiger charge is 2.09. The number of rotatable bonds is 7. The molecule has 0 aliphatic rings. The molecule has 26 heavy (non-hydrogen) atoms. The lowest BCUT2D eigenvalue weighted by Gasteiger charge is -2.10. The van der Waals surface area contributed by atoms with Crippen LogP contribution in [0.15, 0.2) is 25.0 Å². The molecule has 0 unspecified atom stereocenters. The lowest BCUT2D eigenvalue weighted by molar-refractivity contribution is -0.118. The summed E-state index contributed by atoms with van der Waals surface area (Å²) in [4.78, 5) is 14.6. The minimum absolute atomic E-state index is 0.0751. The molecule has 6 nitrogen and oxygen atoms in total. The topological polar surface area (TPSA) is 71.8 Å². The summed E-state index contributed by atoms with van der Waals surface area (Å²) in [6.07, 6.45) is 9.09. The first-order chi connectivity index (χ1) is 12.4. The number of hydrogen-bond donors (Lipinski definition) is 2. The van der Waals surface area contributed by atoms with Gasteiger partial charge in [0.25, 0.3) is 0 Å². The summed E-state index contributed by atoms with van der Waals surface area (Å²) in [6, 6.07) is 1.93. The Labute approximate surface area is 156 Å². The molecule has 6 heteroatoms. The van der Waals surface area contributed by atoms with Gasteiger partial charge in [0, 0.05) is 38.5 Å². The first-order valence-corrected chi connectivity index (χ1v) is 9.01. The minimum Gasteiger partial charge on any atom is -0.373 e. The number of aromatic nitrogens is 3. The number of anilines is 1. The van der Waals surface area contributed by atoms with Crippen LogP contribution in [0.3, 0.4) is 0 Å². The van der Waals surface area contributed by atoms with Crippen LogP contribution >= 0.6 is 0 Å². The Hall–Kier alpha value is -2.63. The molecule has 2 rings (SSSR count). The fourth-order valence-electron chi connectivity index (χ4n) is 2.37. The van der Waals surface area contributed by atoms with Gasteiger partial charge in [-0.25, -0.2) is 9.67 Å². The number of pyridine rings is 1. The molecule has 1 amide bonds. The Bertz CT molecular complexity index is 701. The predicted octanol–water partition coefficient (Wildman–Crippen LogP) is 3.88. The summed E-state index contributed by atoms with van der Waals surface area (Å²) in [5, 5.41) is 10.3. The van der Waals surface area contributed by atoms with E-state index in [1.54, 1.807) is 19.2 Å². The second kappa shape index (κ2) is 11.1. The van der Waals surface area contributed by atoms with Crippen molar-refractivity contribution in [1.82, 2.24) is 20.1 Å². The van der Waals surface area contributed by atoms with Gasteiger partial charge in [-0.2, -0.15) is 5.10 Å². The number of nitrogens with one attached hydrogen (secondary N) is 2. The average Bonchev–Trinajstić information content (AvgIpc) is 2.97. The third-order valence-electron chi connectivity index (χ3n) is 3.95. The van der Waals surface area contributed by atoms with E-state index in [1.165, 1.54) is 18.4 Å². The number of carbonyl (C=O) groups is 1. The summed E-state index contributed by atoms with van der Waals surface area (Å²) >= 11 is 0. The van der Waals surface area contributed by atoms with Gasteiger partial charge in [0.2, 0.25) is 5.91 Å². The second-order valence-electron chi connectivity index (χ2n) is 6.08. The van der Waals surface area contributed by atoms with Gasteiger partial charge in [-0.3, -0.25) is 4.79 Å². The van der Waals surface area contributed by atoms with Crippen molar-refractivity contribution in [1.29, 1.82) is 0 Å². The molecular weight excluding hydrogens is 326 g/mol. The number of unbranched alkanes of at least 4 members (excludes halogenated alkanes) is 2. The van der Waals surface area contributed by atoms with E-state index >= 15 is 0 Å². The molecule has 2 aromatic heterocycles. The first kappa shape index (κ1) is 21.4. The van der Waals surface area contributed by atoms with Crippen LogP contribution in [0.2, 0.25) is 0 Å². The van der Waals surface area contributed by atoms with Crippen LogP contribution in [0.5, 0.6) is 0 Å². The standard InChI is InChI=1S/C13H16N4.C7H15NO/c1-5-11-12(6-7-15-13(11)14-4)17-8-9(2)10(3)16-17;1-3-4-5-6-8-7(2)9/h5-8H,1H2,2-4H3,(H,14,15);3-6H2,1-2H3,(H,8,9). The maximum atomic E-state index is 10.3. The van der Waals surface area contributed by atoms with Gasteiger partial charge in [0.15, 0.2) is 0 Å². The molecule has 142 valence electrons. The van der Waals surface area contributed by atoms with E-state index in [2.05, 4.69) is 34.2 Å². The highest BCUT2D eigenvalue weighted by Crippen LogP contribution is 2.22. The summed E-state index contributed by atoms with van der Waals surface area (Å²) < 4.78 is 1.87. The van der Waals surface area contributed by atoms with Crippen molar-refractivity contribution in [2.75, 3.05) is 18.9 Å². The maximum Gasteiger partial charge on any atom is 0.216 e. The molecule has 0 aliphatic carbocycles. The zero-order valence-electron chi connectivity index (χ0n) is 16.6. The largest absolute Gasteiger partial charge is 0.373 e. The molecule has 0 fully saturated rings. The van der Waals surface area contributed by atoms with E-state index in [0.29, 0.717) is 0 Å². The third kappa shape index (κ3) is 6.35. The van der Waals surface area contributed by atoms with Crippen molar-refractivity contribution in [3.63, 3.8) is 0 Å². The molecule has 2 aromatic rings. The monoisotopic (exact) mass is 357 g/mol. The van der Waals surface area contributed by atoms with Gasteiger partial charge < -0.3 is 10.6 Å². The Morgan fingerprint density at radius 3 is 2.58 bits per heavy atom. The van der Waals surface area contributed by atoms with Crippen LogP contribution in [-0.4, -0.2) is 34.3 Å². The molecular formula is C20H31N5O. The van der Waals surface area contributed by atoms with Crippen molar-refractivity contribution in [3.05, 3.63) is 41.9 Å². The van der Waals surface area contributed by atoms with E-state index < -0.39 is 0 Å². The van der Waals surface area contributed by atoms with Gasteiger partial charge in [-0.05, 0) is 31.9 Å². The highest BCUT2D eigenvalue weighted by atomic mass is 16.1. The van der Waals surface area contributed by atoms with Gasteiger partial charge in [-0.1, -0.05) is 32.4 Å². The van der Waals surface area contributed by atoms with Crippen LogP contribution in [0.1, 0.15) is 49.9 Å². The smallest absolute Gasteiger partial charge is 0.216 e. The van der Waals surface area contributed by atoms with Gasteiger partial charge in [0.05, 0.1) is 11.4 Å². The molecule has 0 saturated carbocycles. The Morgan fingerprint density at radius 2 is 2.08 bits per heavy atom. The zero-order chi connectivity index (χ0) is 19.5. The molecule has 0 aromatic carbocycles. The number of carbonyl (C=O) groups excluding carboxylic acids is 1. The zero-order valence-corrected chi connectivity index (χ0v) is 16.6. The van der Waals surface area contributed by atoms with E-state index in [0.717, 1.165) is 35.7 Å². The first-order valence-electron chi connectivity index (χ1n) is 9.01. The molecule has 2 heterocycles. The van der Waals surface area contributed by atoms with Crippen LogP contribution < -0.4 is 10.6 Å². The summed E-state index contributed by atoms with van der Waals surface area (Å²) in [7, 11) is 1.85. The molecule has 0 atom stereocenters. The van der Waals surface area contributed by atoms with Crippen LogP contribution in [0.4, 0.5) is 5.82 Å². The third-order valence-corrected chi connectivity index (χ3v) is 3.95. The van der Waals surface area contributed by atoms with Crippen LogP contribution in [0.25, 0.3) is 11.8 Å². The number of hydrogen-bond acceptors (Lipinski definition) is 4. The van der Waals surface area contributed by atoms with E-state index in [-0.39, 0.29) is 5.91 Å². The normalized spacial score (nSPS) is 9.88. The fourth-order valence-corrected chi connectivity index (χ4v) is 2.37. The number of nitrogens with zero attached hydrogens (tertiary/aromatic N) is 3. The van der Waals surface area contributed by atoms with E-state index in [1.807, 2.05) is 37.8 Å². The molecule has 0 spiro atoms. The van der Waals surface area contributed by atoms with Crippen molar-refractivity contribution < 1.29 is 4.79 Å². The van der Waals surface area contributed by atoms with Gasteiger partial charge >= 0.3 is 0 Å².